The van der Waals surface area contributed by atoms with Crippen molar-refractivity contribution in [3.05, 3.63) is 66.2 Å². The average molecular weight is 417 g/mol. The smallest absolute Gasteiger partial charge is 0.262 e. The maximum atomic E-state index is 12.3. The Bertz CT molecular complexity index is 1010. The van der Waals surface area contributed by atoms with Gasteiger partial charge in [0.1, 0.15) is 5.75 Å². The van der Waals surface area contributed by atoms with Crippen molar-refractivity contribution in [3.8, 4) is 17.0 Å². The second-order valence-electron chi connectivity index (χ2n) is 8.18. The number of piperidine rings is 1. The highest BCUT2D eigenvalue weighted by molar-refractivity contribution is 5.92. The third-order valence-corrected chi connectivity index (χ3v) is 5.59. The monoisotopic (exact) mass is 416 g/mol. The van der Waals surface area contributed by atoms with Crippen molar-refractivity contribution in [3.63, 3.8) is 0 Å². The normalized spacial score (nSPS) is 14.3. The Balaban J connectivity index is 1.36. The number of nitrogens with zero attached hydrogens (tertiary/aromatic N) is 3. The number of carbonyl (C=O) groups excluding carboxylic acids is 1. The summed E-state index contributed by atoms with van der Waals surface area (Å²) in [5.41, 5.74) is 3.53. The molecule has 1 aliphatic rings. The van der Waals surface area contributed by atoms with E-state index in [4.69, 9.17) is 4.74 Å². The van der Waals surface area contributed by atoms with Crippen LogP contribution in [0.2, 0.25) is 0 Å². The summed E-state index contributed by atoms with van der Waals surface area (Å²) < 4.78 is 5.55. The molecule has 1 aliphatic heterocycles. The van der Waals surface area contributed by atoms with Crippen LogP contribution in [0.4, 0.5) is 11.5 Å². The summed E-state index contributed by atoms with van der Waals surface area (Å²) in [5.74, 6) is 2.17. The van der Waals surface area contributed by atoms with E-state index in [1.807, 2.05) is 67.6 Å². The highest BCUT2D eigenvalue weighted by Crippen LogP contribution is 2.24. The molecule has 1 saturated heterocycles. The van der Waals surface area contributed by atoms with Gasteiger partial charge in [0.25, 0.3) is 5.91 Å². The van der Waals surface area contributed by atoms with Crippen LogP contribution >= 0.6 is 0 Å². The van der Waals surface area contributed by atoms with Crippen LogP contribution in [0, 0.1) is 12.8 Å². The van der Waals surface area contributed by atoms with E-state index in [9.17, 15) is 4.79 Å². The molecule has 1 aromatic heterocycles. The number of benzene rings is 2. The largest absolute Gasteiger partial charge is 0.484 e. The lowest BCUT2D eigenvalue weighted by Crippen LogP contribution is -2.33. The molecule has 0 bridgehead atoms. The molecule has 31 heavy (non-hydrogen) atoms. The zero-order valence-electron chi connectivity index (χ0n) is 18.0. The molecule has 0 radical (unpaired) electrons. The Kier molecular flexibility index (Phi) is 6.46. The Hall–Kier alpha value is -3.41. The molecule has 0 atom stereocenters. The van der Waals surface area contributed by atoms with Gasteiger partial charge in [-0.1, -0.05) is 36.8 Å². The summed E-state index contributed by atoms with van der Waals surface area (Å²) in [6.45, 7) is 6.32. The fourth-order valence-electron chi connectivity index (χ4n) is 3.62. The van der Waals surface area contributed by atoms with Gasteiger partial charge in [-0.3, -0.25) is 4.79 Å². The van der Waals surface area contributed by atoms with Crippen molar-refractivity contribution in [1.82, 2.24) is 10.2 Å². The van der Waals surface area contributed by atoms with Crippen molar-refractivity contribution >= 4 is 17.4 Å². The summed E-state index contributed by atoms with van der Waals surface area (Å²) in [5, 5.41) is 11.7. The van der Waals surface area contributed by atoms with Gasteiger partial charge in [-0.05, 0) is 62.1 Å². The molecule has 6 heteroatoms. The number of rotatable bonds is 6. The van der Waals surface area contributed by atoms with E-state index < -0.39 is 0 Å². The topological polar surface area (TPSA) is 67.3 Å². The average Bonchev–Trinajstić information content (AvgIpc) is 2.80. The Morgan fingerprint density at radius 2 is 1.84 bits per heavy atom. The van der Waals surface area contributed by atoms with Gasteiger partial charge in [0, 0.05) is 24.3 Å². The first-order chi connectivity index (χ1) is 15.1. The van der Waals surface area contributed by atoms with Crippen molar-refractivity contribution in [2.75, 3.05) is 29.9 Å². The molecule has 2 aromatic carbocycles. The van der Waals surface area contributed by atoms with Crippen molar-refractivity contribution in [2.45, 2.75) is 26.7 Å². The second-order valence-corrected chi connectivity index (χ2v) is 8.18. The fourth-order valence-corrected chi connectivity index (χ4v) is 3.62. The molecule has 0 spiro atoms. The predicted molar refractivity (Wildman–Crippen MR) is 123 cm³/mol. The van der Waals surface area contributed by atoms with E-state index >= 15 is 0 Å². The lowest BCUT2D eigenvalue weighted by molar-refractivity contribution is -0.118. The van der Waals surface area contributed by atoms with Crippen LogP contribution in [0.3, 0.4) is 0 Å². The molecule has 0 unspecified atom stereocenters. The summed E-state index contributed by atoms with van der Waals surface area (Å²) in [7, 11) is 0. The molecule has 0 saturated carbocycles. The maximum absolute atomic E-state index is 12.3. The molecule has 3 aromatic rings. The third-order valence-electron chi connectivity index (χ3n) is 5.59. The van der Waals surface area contributed by atoms with Gasteiger partial charge in [-0.15, -0.1) is 10.2 Å². The van der Waals surface area contributed by atoms with Crippen LogP contribution in [-0.4, -0.2) is 35.8 Å². The maximum Gasteiger partial charge on any atom is 0.262 e. The first kappa shape index (κ1) is 20.8. The fraction of sp³-hybridized carbons (Fsp3) is 0.320. The van der Waals surface area contributed by atoms with Gasteiger partial charge < -0.3 is 15.0 Å². The zero-order chi connectivity index (χ0) is 21.6. The number of hydrogen-bond donors (Lipinski definition) is 1. The molecule has 4 rings (SSSR count). The van der Waals surface area contributed by atoms with Crippen molar-refractivity contribution in [2.24, 2.45) is 5.92 Å². The van der Waals surface area contributed by atoms with E-state index in [1.165, 1.54) is 12.8 Å². The SMILES string of the molecule is Cc1ccc(OCC(=O)Nc2cccc(-c3ccc(N4CCC(C)CC4)nn3)c2)cc1. The van der Waals surface area contributed by atoms with Crippen LogP contribution < -0.4 is 15.0 Å². The molecular formula is C25H28N4O2. The van der Waals surface area contributed by atoms with Gasteiger partial charge in [0.05, 0.1) is 5.69 Å². The quantitative estimate of drug-likeness (QED) is 0.631. The molecule has 1 N–H and O–H groups in total. The summed E-state index contributed by atoms with van der Waals surface area (Å²) in [6.07, 6.45) is 2.39. The minimum atomic E-state index is -0.210. The summed E-state index contributed by atoms with van der Waals surface area (Å²) >= 11 is 0. The number of carbonyl (C=O) groups is 1. The summed E-state index contributed by atoms with van der Waals surface area (Å²) in [4.78, 5) is 14.6. The van der Waals surface area contributed by atoms with E-state index in [0.29, 0.717) is 11.4 Å². The van der Waals surface area contributed by atoms with Crippen LogP contribution in [0.25, 0.3) is 11.3 Å². The van der Waals surface area contributed by atoms with Gasteiger partial charge in [0.2, 0.25) is 0 Å². The van der Waals surface area contributed by atoms with Crippen LogP contribution in [0.1, 0.15) is 25.3 Å². The van der Waals surface area contributed by atoms with Gasteiger partial charge in [-0.2, -0.15) is 0 Å². The summed E-state index contributed by atoms with van der Waals surface area (Å²) in [6, 6.07) is 19.2. The van der Waals surface area contributed by atoms with E-state index in [0.717, 1.165) is 41.6 Å². The number of amides is 1. The Morgan fingerprint density at radius 1 is 1.06 bits per heavy atom. The minimum Gasteiger partial charge on any atom is -0.484 e. The molecule has 2 heterocycles. The standard InChI is InChI=1S/C25H28N4O2/c1-18-6-8-22(9-7-18)31-17-25(30)26-21-5-3-4-20(16-21)23-10-11-24(28-27-23)29-14-12-19(2)13-15-29/h3-11,16,19H,12-15,17H2,1-2H3,(H,26,30). The number of aryl methyl sites for hydroxylation is 1. The lowest BCUT2D eigenvalue weighted by Gasteiger charge is -2.30. The molecule has 1 amide bonds. The van der Waals surface area contributed by atoms with Gasteiger partial charge in [0.15, 0.2) is 12.4 Å². The minimum absolute atomic E-state index is 0.0454. The second kappa shape index (κ2) is 9.60. The molecule has 160 valence electrons. The van der Waals surface area contributed by atoms with Crippen LogP contribution in [-0.2, 0) is 4.79 Å². The van der Waals surface area contributed by atoms with Gasteiger partial charge >= 0.3 is 0 Å². The Labute approximate surface area is 183 Å². The molecule has 6 nitrogen and oxygen atoms in total. The molecular weight excluding hydrogens is 388 g/mol. The molecule has 1 fully saturated rings. The first-order valence-corrected chi connectivity index (χ1v) is 10.8. The van der Waals surface area contributed by atoms with E-state index in [1.54, 1.807) is 0 Å². The van der Waals surface area contributed by atoms with Crippen molar-refractivity contribution in [1.29, 1.82) is 0 Å². The van der Waals surface area contributed by atoms with E-state index in [-0.39, 0.29) is 12.5 Å². The number of nitrogens with one attached hydrogen (secondary N) is 1. The van der Waals surface area contributed by atoms with Gasteiger partial charge in [-0.25, -0.2) is 0 Å². The van der Waals surface area contributed by atoms with Crippen LogP contribution in [0.5, 0.6) is 5.75 Å². The zero-order valence-corrected chi connectivity index (χ0v) is 18.0. The number of aromatic nitrogens is 2. The predicted octanol–water partition coefficient (Wildman–Crippen LogP) is 4.71. The number of ether oxygens (including phenoxy) is 1. The van der Waals surface area contributed by atoms with Crippen LogP contribution in [0.15, 0.2) is 60.7 Å². The molecule has 0 aliphatic carbocycles. The third kappa shape index (κ3) is 5.60. The first-order valence-electron chi connectivity index (χ1n) is 10.8. The highest BCUT2D eigenvalue weighted by Gasteiger charge is 2.17. The highest BCUT2D eigenvalue weighted by atomic mass is 16.5. The Morgan fingerprint density at radius 3 is 2.55 bits per heavy atom. The van der Waals surface area contributed by atoms with E-state index in [2.05, 4.69) is 27.3 Å². The number of hydrogen-bond acceptors (Lipinski definition) is 5. The number of anilines is 2. The lowest BCUT2D eigenvalue weighted by atomic mass is 9.99. The van der Waals surface area contributed by atoms with Crippen molar-refractivity contribution < 1.29 is 9.53 Å².